The van der Waals surface area contributed by atoms with Crippen LogP contribution in [0.5, 0.6) is 5.75 Å². The van der Waals surface area contributed by atoms with Gasteiger partial charge in [0.15, 0.2) is 5.96 Å². The fourth-order valence-electron chi connectivity index (χ4n) is 3.96. The van der Waals surface area contributed by atoms with Gasteiger partial charge in [-0.25, -0.2) is 23.7 Å². The lowest BCUT2D eigenvalue weighted by atomic mass is 9.75. The van der Waals surface area contributed by atoms with E-state index in [0.717, 1.165) is 21.6 Å². The highest BCUT2D eigenvalue weighted by molar-refractivity contribution is 5.87. The van der Waals surface area contributed by atoms with Crippen molar-refractivity contribution in [3.05, 3.63) is 42.5 Å². The molecular weight excluding hydrogens is 380 g/mol. The summed E-state index contributed by atoms with van der Waals surface area (Å²) in [6.07, 6.45) is 4.38. The second-order valence-electron chi connectivity index (χ2n) is 7.45. The first-order valence-corrected chi connectivity index (χ1v) is 9.33. The Kier molecular flexibility index (Phi) is 4.89. The Bertz CT molecular complexity index is 938. The molecule has 0 spiro atoms. The minimum absolute atomic E-state index is 0.0300. The summed E-state index contributed by atoms with van der Waals surface area (Å²) in [5, 5.41) is 0. The maximum Gasteiger partial charge on any atom is 0.251 e. The van der Waals surface area contributed by atoms with E-state index in [0.29, 0.717) is 12.2 Å². The van der Waals surface area contributed by atoms with Crippen LogP contribution in [0.25, 0.3) is 11.1 Å². The van der Waals surface area contributed by atoms with Gasteiger partial charge in [0, 0.05) is 49.3 Å². The van der Waals surface area contributed by atoms with E-state index in [2.05, 4.69) is 15.0 Å². The van der Waals surface area contributed by atoms with Crippen molar-refractivity contribution in [2.45, 2.75) is 37.3 Å². The van der Waals surface area contributed by atoms with Gasteiger partial charge in [-0.2, -0.15) is 0 Å². The zero-order valence-corrected chi connectivity index (χ0v) is 15.8. The molecule has 4 rings (SSSR count). The Labute approximate surface area is 166 Å². The van der Waals surface area contributed by atoms with E-state index in [1.807, 2.05) is 12.1 Å². The van der Waals surface area contributed by atoms with Crippen LogP contribution < -0.4 is 10.5 Å². The molecule has 3 unspecified atom stereocenters. The van der Waals surface area contributed by atoms with Crippen LogP contribution in [0, 0.1) is 5.92 Å². The number of nitrogens with two attached hydrogens (primary N) is 1. The molecule has 3 atom stereocenters. The van der Waals surface area contributed by atoms with Crippen molar-refractivity contribution in [1.29, 1.82) is 0 Å². The number of carbonyl (C=O) groups excluding carboxylic acids is 1. The van der Waals surface area contributed by atoms with Crippen LogP contribution in [0.15, 0.2) is 41.9 Å². The summed E-state index contributed by atoms with van der Waals surface area (Å²) in [7, 11) is 1.50. The van der Waals surface area contributed by atoms with E-state index in [4.69, 9.17) is 10.5 Å². The number of aromatic nitrogens is 2. The van der Waals surface area contributed by atoms with Gasteiger partial charge in [0.25, 0.3) is 5.92 Å². The summed E-state index contributed by atoms with van der Waals surface area (Å²) in [6.45, 7) is 0. The number of alkyl halides is 2. The van der Waals surface area contributed by atoms with Gasteiger partial charge in [0.2, 0.25) is 6.41 Å². The Morgan fingerprint density at radius 3 is 2.83 bits per heavy atom. The summed E-state index contributed by atoms with van der Waals surface area (Å²) in [5.74, 6) is -2.50. The fraction of sp³-hybridized carbons (Fsp3) is 0.400. The van der Waals surface area contributed by atoms with Crippen LogP contribution in [0.4, 0.5) is 8.78 Å². The van der Waals surface area contributed by atoms with E-state index in [-0.39, 0.29) is 31.1 Å². The number of carbonyl (C=O) groups is 1. The Morgan fingerprint density at radius 2 is 2.10 bits per heavy atom. The topological polar surface area (TPSA) is 93.7 Å². The molecule has 0 bridgehead atoms. The third-order valence-electron chi connectivity index (χ3n) is 5.52. The molecule has 1 fully saturated rings. The zero-order valence-electron chi connectivity index (χ0n) is 15.8. The quantitative estimate of drug-likeness (QED) is 0.485. The molecular formula is C20H21F2N5O2. The monoisotopic (exact) mass is 401 g/mol. The number of guanidine groups is 1. The Morgan fingerprint density at radius 1 is 1.34 bits per heavy atom. The fourth-order valence-corrected chi connectivity index (χ4v) is 3.96. The maximum absolute atomic E-state index is 14.0. The molecule has 152 valence electrons. The number of hydrogen-bond acceptors (Lipinski definition) is 5. The largest absolute Gasteiger partial charge is 0.489 e. The number of aliphatic imine (C=N–C) groups is 1. The van der Waals surface area contributed by atoms with Gasteiger partial charge in [0.05, 0.1) is 6.04 Å². The van der Waals surface area contributed by atoms with Crippen LogP contribution in [0.1, 0.15) is 30.9 Å². The molecule has 1 aliphatic carbocycles. The molecule has 1 amide bonds. The smallest absolute Gasteiger partial charge is 0.251 e. The van der Waals surface area contributed by atoms with Gasteiger partial charge < -0.3 is 10.5 Å². The highest BCUT2D eigenvalue weighted by atomic mass is 19.3. The first kappa shape index (κ1) is 19.2. The second-order valence-corrected chi connectivity index (χ2v) is 7.45. The second kappa shape index (κ2) is 7.38. The number of amides is 1. The average molecular weight is 401 g/mol. The first-order valence-electron chi connectivity index (χ1n) is 9.33. The number of halogens is 2. The minimum Gasteiger partial charge on any atom is -0.489 e. The standard InChI is InChI=1S/C20H21F2N5O2/c1-27(11-28)19(23)26-18-14-4-5-20(21,22)7-17(14)29-16-3-2-12(6-15(16)18)13-8-24-10-25-9-13/h2-3,6,8-11,14,17-18H,4-5,7H2,1H3,(H2,23,26). The van der Waals surface area contributed by atoms with E-state index in [1.165, 1.54) is 13.4 Å². The number of hydrogen-bond donors (Lipinski definition) is 1. The number of benzene rings is 1. The Balaban J connectivity index is 1.79. The minimum atomic E-state index is -2.76. The van der Waals surface area contributed by atoms with Gasteiger partial charge in [-0.05, 0) is 24.1 Å². The van der Waals surface area contributed by atoms with Crippen LogP contribution in [0.2, 0.25) is 0 Å². The van der Waals surface area contributed by atoms with Crippen molar-refractivity contribution in [2.24, 2.45) is 16.6 Å². The molecule has 2 heterocycles. The summed E-state index contributed by atoms with van der Waals surface area (Å²) < 4.78 is 34.0. The van der Waals surface area contributed by atoms with E-state index >= 15 is 0 Å². The molecule has 7 nitrogen and oxygen atoms in total. The molecule has 0 saturated heterocycles. The number of rotatable bonds is 3. The maximum atomic E-state index is 14.0. The van der Waals surface area contributed by atoms with Crippen LogP contribution in [-0.2, 0) is 4.79 Å². The molecule has 2 aromatic rings. The van der Waals surface area contributed by atoms with E-state index < -0.39 is 18.1 Å². The van der Waals surface area contributed by atoms with Crippen LogP contribution in [-0.4, -0.2) is 46.3 Å². The van der Waals surface area contributed by atoms with Gasteiger partial charge in [-0.1, -0.05) is 6.07 Å². The predicted octanol–water partition coefficient (Wildman–Crippen LogP) is 2.78. The molecule has 2 aliphatic rings. The van der Waals surface area contributed by atoms with Crippen molar-refractivity contribution in [1.82, 2.24) is 14.9 Å². The van der Waals surface area contributed by atoms with E-state index in [1.54, 1.807) is 18.5 Å². The lowest BCUT2D eigenvalue weighted by Gasteiger charge is -2.43. The number of ether oxygens (including phenoxy) is 1. The molecule has 29 heavy (non-hydrogen) atoms. The van der Waals surface area contributed by atoms with Crippen molar-refractivity contribution in [3.8, 4) is 16.9 Å². The van der Waals surface area contributed by atoms with Crippen molar-refractivity contribution >= 4 is 12.4 Å². The highest BCUT2D eigenvalue weighted by Crippen LogP contribution is 2.50. The van der Waals surface area contributed by atoms with Crippen LogP contribution >= 0.6 is 0 Å². The molecule has 1 aromatic carbocycles. The highest BCUT2D eigenvalue weighted by Gasteiger charge is 2.48. The lowest BCUT2D eigenvalue weighted by Crippen LogP contribution is -2.45. The van der Waals surface area contributed by atoms with Gasteiger partial charge in [0.1, 0.15) is 18.2 Å². The average Bonchev–Trinajstić information content (AvgIpc) is 2.72. The van der Waals surface area contributed by atoms with Gasteiger partial charge in [-0.15, -0.1) is 0 Å². The molecule has 1 aliphatic heterocycles. The number of fused-ring (bicyclic) bond motifs is 2. The zero-order chi connectivity index (χ0) is 20.6. The molecule has 1 aromatic heterocycles. The van der Waals surface area contributed by atoms with Crippen molar-refractivity contribution < 1.29 is 18.3 Å². The molecule has 0 radical (unpaired) electrons. The lowest BCUT2D eigenvalue weighted by molar-refractivity contribution is -0.114. The first-order chi connectivity index (χ1) is 13.9. The van der Waals surface area contributed by atoms with Crippen LogP contribution in [0.3, 0.4) is 0 Å². The number of nitrogens with zero attached hydrogens (tertiary/aromatic N) is 4. The summed E-state index contributed by atoms with van der Waals surface area (Å²) in [6, 6.07) is 5.00. The van der Waals surface area contributed by atoms with Crippen molar-refractivity contribution in [2.75, 3.05) is 7.05 Å². The summed E-state index contributed by atoms with van der Waals surface area (Å²) in [5.41, 5.74) is 8.40. The van der Waals surface area contributed by atoms with Crippen molar-refractivity contribution in [3.63, 3.8) is 0 Å². The molecule has 1 saturated carbocycles. The Hall–Kier alpha value is -3.10. The SMILES string of the molecule is CN(C=O)/C(N)=N\C1c2cc(-c3cncnc3)ccc2OC2CC(F)(F)CCC21. The molecule has 9 heteroatoms. The molecule has 2 N–H and O–H groups in total. The third-order valence-corrected chi connectivity index (χ3v) is 5.52. The summed E-state index contributed by atoms with van der Waals surface area (Å²) in [4.78, 5) is 24.9. The van der Waals surface area contributed by atoms with Gasteiger partial charge in [-0.3, -0.25) is 9.69 Å². The van der Waals surface area contributed by atoms with E-state index in [9.17, 15) is 13.6 Å². The third kappa shape index (κ3) is 3.76. The predicted molar refractivity (Wildman–Crippen MR) is 102 cm³/mol. The van der Waals surface area contributed by atoms with Gasteiger partial charge >= 0.3 is 0 Å². The normalized spacial score (nSPS) is 25.3. The summed E-state index contributed by atoms with van der Waals surface area (Å²) >= 11 is 0.